The highest BCUT2D eigenvalue weighted by Gasteiger charge is 2.06. The van der Waals surface area contributed by atoms with Crippen molar-refractivity contribution >= 4 is 11.7 Å². The standard InChI is InChI=1S/C12H13N3O2/c1-17-8-12(16)13-11-7-10(14-15-11)9-5-3-2-4-6-9/h2-7H,8H2,1H3,(H2,13,14,15,16). The number of anilines is 1. The number of aromatic nitrogens is 2. The molecule has 0 aliphatic rings. The highest BCUT2D eigenvalue weighted by Crippen LogP contribution is 2.18. The van der Waals surface area contributed by atoms with Crippen LogP contribution in [-0.2, 0) is 9.53 Å². The number of methoxy groups -OCH3 is 1. The Balaban J connectivity index is 2.09. The van der Waals surface area contributed by atoms with Gasteiger partial charge in [0, 0.05) is 13.2 Å². The summed E-state index contributed by atoms with van der Waals surface area (Å²) in [5.41, 5.74) is 1.88. The zero-order chi connectivity index (χ0) is 12.1. The Morgan fingerprint density at radius 3 is 2.88 bits per heavy atom. The van der Waals surface area contributed by atoms with Gasteiger partial charge < -0.3 is 10.1 Å². The molecule has 0 unspecified atom stereocenters. The molecule has 17 heavy (non-hydrogen) atoms. The first-order valence-corrected chi connectivity index (χ1v) is 5.19. The molecule has 0 aliphatic carbocycles. The zero-order valence-corrected chi connectivity index (χ0v) is 9.43. The number of benzene rings is 1. The molecular formula is C12H13N3O2. The summed E-state index contributed by atoms with van der Waals surface area (Å²) in [5, 5.41) is 9.49. The molecule has 0 atom stereocenters. The van der Waals surface area contributed by atoms with E-state index in [1.165, 1.54) is 7.11 Å². The smallest absolute Gasteiger partial charge is 0.251 e. The molecule has 2 rings (SSSR count). The predicted molar refractivity (Wildman–Crippen MR) is 64.5 cm³/mol. The van der Waals surface area contributed by atoms with Gasteiger partial charge in [0.25, 0.3) is 5.91 Å². The van der Waals surface area contributed by atoms with Crippen LogP contribution >= 0.6 is 0 Å². The van der Waals surface area contributed by atoms with Crippen LogP contribution in [0.5, 0.6) is 0 Å². The Kier molecular flexibility index (Phi) is 3.52. The lowest BCUT2D eigenvalue weighted by Gasteiger charge is -1.98. The molecule has 1 aromatic carbocycles. The Morgan fingerprint density at radius 1 is 1.41 bits per heavy atom. The molecule has 2 aromatic rings. The van der Waals surface area contributed by atoms with Crippen molar-refractivity contribution in [2.24, 2.45) is 0 Å². The fourth-order valence-electron chi connectivity index (χ4n) is 1.46. The molecule has 0 saturated heterocycles. The van der Waals surface area contributed by atoms with Gasteiger partial charge in [-0.3, -0.25) is 9.89 Å². The fraction of sp³-hybridized carbons (Fsp3) is 0.167. The fourth-order valence-corrected chi connectivity index (χ4v) is 1.46. The quantitative estimate of drug-likeness (QED) is 0.841. The number of hydrogen-bond acceptors (Lipinski definition) is 3. The lowest BCUT2D eigenvalue weighted by molar-refractivity contribution is -0.119. The first-order chi connectivity index (χ1) is 8.29. The van der Waals surface area contributed by atoms with Crippen molar-refractivity contribution < 1.29 is 9.53 Å². The van der Waals surface area contributed by atoms with E-state index in [0.29, 0.717) is 5.82 Å². The maximum absolute atomic E-state index is 11.3. The Bertz CT molecular complexity index is 493. The summed E-state index contributed by atoms with van der Waals surface area (Å²) in [6, 6.07) is 11.5. The molecule has 88 valence electrons. The minimum Gasteiger partial charge on any atom is -0.375 e. The number of carbonyl (C=O) groups is 1. The van der Waals surface area contributed by atoms with Crippen molar-refractivity contribution in [2.45, 2.75) is 0 Å². The van der Waals surface area contributed by atoms with Crippen LogP contribution in [0.15, 0.2) is 36.4 Å². The molecule has 0 aliphatic heterocycles. The monoisotopic (exact) mass is 231 g/mol. The maximum Gasteiger partial charge on any atom is 0.251 e. The lowest BCUT2D eigenvalue weighted by Crippen LogP contribution is -2.17. The Morgan fingerprint density at radius 2 is 2.18 bits per heavy atom. The Hall–Kier alpha value is -2.14. The summed E-state index contributed by atoms with van der Waals surface area (Å²) in [7, 11) is 1.47. The number of nitrogens with zero attached hydrogens (tertiary/aromatic N) is 1. The first-order valence-electron chi connectivity index (χ1n) is 5.19. The van der Waals surface area contributed by atoms with Crippen molar-refractivity contribution in [2.75, 3.05) is 19.0 Å². The van der Waals surface area contributed by atoms with Crippen molar-refractivity contribution in [1.82, 2.24) is 10.2 Å². The molecule has 0 spiro atoms. The average molecular weight is 231 g/mol. The van der Waals surface area contributed by atoms with E-state index in [0.717, 1.165) is 11.3 Å². The van der Waals surface area contributed by atoms with Crippen LogP contribution in [0, 0.1) is 0 Å². The zero-order valence-electron chi connectivity index (χ0n) is 9.43. The molecule has 1 aromatic heterocycles. The third-order valence-electron chi connectivity index (χ3n) is 2.21. The summed E-state index contributed by atoms with van der Waals surface area (Å²) in [5.74, 6) is 0.268. The second-order valence-electron chi connectivity index (χ2n) is 3.51. The summed E-state index contributed by atoms with van der Waals surface area (Å²) < 4.78 is 4.72. The third-order valence-corrected chi connectivity index (χ3v) is 2.21. The van der Waals surface area contributed by atoms with Crippen LogP contribution in [-0.4, -0.2) is 29.8 Å². The van der Waals surface area contributed by atoms with Gasteiger partial charge in [0.15, 0.2) is 5.82 Å². The van der Waals surface area contributed by atoms with Crippen LogP contribution in [0.2, 0.25) is 0 Å². The normalized spacial score (nSPS) is 10.2. The SMILES string of the molecule is COCC(=O)Nc1cc(-c2ccccc2)[nH]n1. The van der Waals surface area contributed by atoms with E-state index >= 15 is 0 Å². The summed E-state index contributed by atoms with van der Waals surface area (Å²) >= 11 is 0. The van der Waals surface area contributed by atoms with Gasteiger partial charge in [-0.25, -0.2) is 0 Å². The maximum atomic E-state index is 11.3. The molecular weight excluding hydrogens is 218 g/mol. The van der Waals surface area contributed by atoms with Crippen molar-refractivity contribution in [1.29, 1.82) is 0 Å². The highest BCUT2D eigenvalue weighted by molar-refractivity contribution is 5.91. The number of rotatable bonds is 4. The van der Waals surface area contributed by atoms with Crippen molar-refractivity contribution in [3.05, 3.63) is 36.4 Å². The van der Waals surface area contributed by atoms with Gasteiger partial charge >= 0.3 is 0 Å². The third kappa shape index (κ3) is 2.92. The van der Waals surface area contributed by atoms with Crippen LogP contribution in [0.25, 0.3) is 11.3 Å². The molecule has 1 amide bonds. The minimum atomic E-state index is -0.224. The van der Waals surface area contributed by atoms with Crippen LogP contribution < -0.4 is 5.32 Å². The highest BCUT2D eigenvalue weighted by atomic mass is 16.5. The predicted octanol–water partition coefficient (Wildman–Crippen LogP) is 1.66. The second-order valence-corrected chi connectivity index (χ2v) is 3.51. The first kappa shape index (κ1) is 11.3. The van der Waals surface area contributed by atoms with Gasteiger partial charge in [-0.1, -0.05) is 30.3 Å². The molecule has 0 bridgehead atoms. The van der Waals surface area contributed by atoms with E-state index < -0.39 is 0 Å². The molecule has 5 heteroatoms. The second kappa shape index (κ2) is 5.27. The number of ether oxygens (including phenoxy) is 1. The van der Waals surface area contributed by atoms with Gasteiger partial charge in [0.05, 0.1) is 5.69 Å². The molecule has 0 fully saturated rings. The topological polar surface area (TPSA) is 67.0 Å². The van der Waals surface area contributed by atoms with Crippen LogP contribution in [0.1, 0.15) is 0 Å². The number of H-pyrrole nitrogens is 1. The van der Waals surface area contributed by atoms with E-state index in [1.807, 2.05) is 30.3 Å². The van der Waals surface area contributed by atoms with Gasteiger partial charge in [-0.05, 0) is 5.56 Å². The van der Waals surface area contributed by atoms with E-state index in [4.69, 9.17) is 4.74 Å². The molecule has 2 N–H and O–H groups in total. The average Bonchev–Trinajstić information content (AvgIpc) is 2.79. The van der Waals surface area contributed by atoms with Crippen molar-refractivity contribution in [3.63, 3.8) is 0 Å². The Labute approximate surface area is 98.8 Å². The largest absolute Gasteiger partial charge is 0.375 e. The van der Waals surface area contributed by atoms with Gasteiger partial charge in [-0.15, -0.1) is 0 Å². The van der Waals surface area contributed by atoms with E-state index in [2.05, 4.69) is 15.5 Å². The number of carbonyl (C=O) groups excluding carboxylic acids is 1. The molecule has 5 nitrogen and oxygen atoms in total. The number of hydrogen-bond donors (Lipinski definition) is 2. The summed E-state index contributed by atoms with van der Waals surface area (Å²) in [6.45, 7) is 0.0214. The van der Waals surface area contributed by atoms with E-state index in [1.54, 1.807) is 6.07 Å². The molecule has 0 saturated carbocycles. The van der Waals surface area contributed by atoms with Crippen molar-refractivity contribution in [3.8, 4) is 11.3 Å². The van der Waals surface area contributed by atoms with Gasteiger partial charge in [0.1, 0.15) is 6.61 Å². The molecule has 0 radical (unpaired) electrons. The van der Waals surface area contributed by atoms with Gasteiger partial charge in [0.2, 0.25) is 0 Å². The summed E-state index contributed by atoms with van der Waals surface area (Å²) in [6.07, 6.45) is 0. The van der Waals surface area contributed by atoms with Gasteiger partial charge in [-0.2, -0.15) is 5.10 Å². The van der Waals surface area contributed by atoms with Crippen LogP contribution in [0.4, 0.5) is 5.82 Å². The number of nitrogens with one attached hydrogen (secondary N) is 2. The van der Waals surface area contributed by atoms with E-state index in [9.17, 15) is 4.79 Å². The summed E-state index contributed by atoms with van der Waals surface area (Å²) in [4.78, 5) is 11.3. The number of amides is 1. The van der Waals surface area contributed by atoms with Crippen LogP contribution in [0.3, 0.4) is 0 Å². The number of aromatic amines is 1. The minimum absolute atomic E-state index is 0.0214. The lowest BCUT2D eigenvalue weighted by atomic mass is 10.2. The van der Waals surface area contributed by atoms with E-state index in [-0.39, 0.29) is 12.5 Å². The molecule has 1 heterocycles.